The van der Waals surface area contributed by atoms with Gasteiger partial charge in [-0.3, -0.25) is 9.59 Å². The predicted molar refractivity (Wildman–Crippen MR) is 79.8 cm³/mol. The summed E-state index contributed by atoms with van der Waals surface area (Å²) >= 11 is 5.85. The van der Waals surface area contributed by atoms with Gasteiger partial charge in [-0.2, -0.15) is 0 Å². The monoisotopic (exact) mass is 311 g/mol. The van der Waals surface area contributed by atoms with Gasteiger partial charge in [-0.15, -0.1) is 0 Å². The summed E-state index contributed by atoms with van der Waals surface area (Å²) in [7, 11) is 1.47. The molecule has 0 spiro atoms. The summed E-state index contributed by atoms with van der Waals surface area (Å²) in [5.74, 6) is -0.0561. The molecule has 0 bridgehead atoms. The highest BCUT2D eigenvalue weighted by Crippen LogP contribution is 2.22. The van der Waals surface area contributed by atoms with E-state index in [1.165, 1.54) is 7.11 Å². The van der Waals surface area contributed by atoms with Gasteiger partial charge in [-0.05, 0) is 18.2 Å². The van der Waals surface area contributed by atoms with E-state index in [0.717, 1.165) is 13.1 Å². The third-order valence-corrected chi connectivity index (χ3v) is 3.51. The van der Waals surface area contributed by atoms with Crippen LogP contribution in [-0.2, 0) is 4.79 Å². The lowest BCUT2D eigenvalue weighted by Gasteiger charge is -2.27. The van der Waals surface area contributed by atoms with Crippen molar-refractivity contribution < 1.29 is 14.3 Å². The van der Waals surface area contributed by atoms with Crippen molar-refractivity contribution in [2.75, 3.05) is 39.8 Å². The Morgan fingerprint density at radius 1 is 1.38 bits per heavy atom. The van der Waals surface area contributed by atoms with Crippen molar-refractivity contribution in [1.82, 2.24) is 15.5 Å². The van der Waals surface area contributed by atoms with E-state index in [-0.39, 0.29) is 18.4 Å². The van der Waals surface area contributed by atoms with Crippen LogP contribution in [0.3, 0.4) is 0 Å². The van der Waals surface area contributed by atoms with Crippen LogP contribution in [0.2, 0.25) is 5.02 Å². The van der Waals surface area contributed by atoms with Crippen LogP contribution in [-0.4, -0.2) is 56.5 Å². The summed E-state index contributed by atoms with van der Waals surface area (Å²) < 4.78 is 5.12. The number of rotatable bonds is 4. The van der Waals surface area contributed by atoms with Gasteiger partial charge < -0.3 is 20.3 Å². The zero-order valence-electron chi connectivity index (χ0n) is 11.8. The zero-order valence-corrected chi connectivity index (χ0v) is 12.6. The van der Waals surface area contributed by atoms with E-state index in [9.17, 15) is 9.59 Å². The SMILES string of the molecule is COc1cc(Cl)ccc1C(=O)NCC(=O)N1CCNCC1. The Morgan fingerprint density at radius 3 is 2.76 bits per heavy atom. The summed E-state index contributed by atoms with van der Waals surface area (Å²) in [5.41, 5.74) is 0.356. The lowest BCUT2D eigenvalue weighted by atomic mass is 10.2. The van der Waals surface area contributed by atoms with Crippen molar-refractivity contribution >= 4 is 23.4 Å². The molecule has 1 aliphatic rings. The molecule has 1 aromatic rings. The maximum Gasteiger partial charge on any atom is 0.255 e. The highest BCUT2D eigenvalue weighted by Gasteiger charge is 2.18. The normalized spacial score (nSPS) is 14.7. The third-order valence-electron chi connectivity index (χ3n) is 3.28. The van der Waals surface area contributed by atoms with Gasteiger partial charge in [0, 0.05) is 31.2 Å². The van der Waals surface area contributed by atoms with Crippen LogP contribution in [0.15, 0.2) is 18.2 Å². The van der Waals surface area contributed by atoms with Crippen LogP contribution in [0.4, 0.5) is 0 Å². The summed E-state index contributed by atoms with van der Waals surface area (Å²) in [5, 5.41) is 6.27. The van der Waals surface area contributed by atoms with Gasteiger partial charge in [-0.1, -0.05) is 11.6 Å². The van der Waals surface area contributed by atoms with E-state index in [1.54, 1.807) is 23.1 Å². The van der Waals surface area contributed by atoms with Gasteiger partial charge in [0.25, 0.3) is 5.91 Å². The Kier molecular flexibility index (Phi) is 5.41. The lowest BCUT2D eigenvalue weighted by Crippen LogP contribution is -2.49. The van der Waals surface area contributed by atoms with Crippen LogP contribution in [0.25, 0.3) is 0 Å². The summed E-state index contributed by atoms with van der Waals surface area (Å²) in [6.45, 7) is 2.87. The van der Waals surface area contributed by atoms with Crippen molar-refractivity contribution in [1.29, 1.82) is 0 Å². The van der Waals surface area contributed by atoms with Crippen LogP contribution in [0.1, 0.15) is 10.4 Å². The molecule has 1 aromatic carbocycles. The molecule has 21 heavy (non-hydrogen) atoms. The number of benzene rings is 1. The van der Waals surface area contributed by atoms with E-state index < -0.39 is 0 Å². The van der Waals surface area contributed by atoms with E-state index in [0.29, 0.717) is 29.4 Å². The number of methoxy groups -OCH3 is 1. The second-order valence-corrected chi connectivity index (χ2v) is 5.09. The minimum absolute atomic E-state index is 0.0232. The number of carbonyl (C=O) groups is 2. The molecule has 1 heterocycles. The summed E-state index contributed by atoms with van der Waals surface area (Å²) in [4.78, 5) is 25.8. The molecule has 2 amide bonds. The maximum atomic E-state index is 12.1. The molecule has 0 saturated carbocycles. The molecule has 0 atom stereocenters. The molecule has 0 aliphatic carbocycles. The fraction of sp³-hybridized carbons (Fsp3) is 0.429. The number of hydrogen-bond donors (Lipinski definition) is 2. The molecule has 6 nitrogen and oxygen atoms in total. The van der Waals surface area contributed by atoms with Crippen LogP contribution >= 0.6 is 11.6 Å². The highest BCUT2D eigenvalue weighted by molar-refractivity contribution is 6.30. The number of halogens is 1. The molecule has 114 valence electrons. The first-order valence-corrected chi connectivity index (χ1v) is 7.10. The van der Waals surface area contributed by atoms with Gasteiger partial charge in [0.2, 0.25) is 5.91 Å². The molecule has 0 radical (unpaired) electrons. The molecule has 1 saturated heterocycles. The molecule has 7 heteroatoms. The second-order valence-electron chi connectivity index (χ2n) is 4.66. The van der Waals surface area contributed by atoms with Crippen molar-refractivity contribution in [3.05, 3.63) is 28.8 Å². The first kappa shape index (κ1) is 15.6. The van der Waals surface area contributed by atoms with Crippen molar-refractivity contribution in [3.63, 3.8) is 0 Å². The van der Waals surface area contributed by atoms with Crippen molar-refractivity contribution in [3.8, 4) is 5.75 Å². The fourth-order valence-electron chi connectivity index (χ4n) is 2.13. The Labute approximate surface area is 128 Å². The molecule has 1 fully saturated rings. The second kappa shape index (κ2) is 7.28. The van der Waals surface area contributed by atoms with Gasteiger partial charge in [0.15, 0.2) is 0 Å². The summed E-state index contributed by atoms with van der Waals surface area (Å²) in [6.07, 6.45) is 0. The smallest absolute Gasteiger partial charge is 0.255 e. The quantitative estimate of drug-likeness (QED) is 0.850. The largest absolute Gasteiger partial charge is 0.496 e. The minimum Gasteiger partial charge on any atom is -0.496 e. The lowest BCUT2D eigenvalue weighted by molar-refractivity contribution is -0.130. The first-order chi connectivity index (χ1) is 10.1. The molecule has 2 rings (SSSR count). The van der Waals surface area contributed by atoms with Gasteiger partial charge in [0.05, 0.1) is 19.2 Å². The number of ether oxygens (including phenoxy) is 1. The van der Waals surface area contributed by atoms with Crippen molar-refractivity contribution in [2.45, 2.75) is 0 Å². The Morgan fingerprint density at radius 2 is 2.10 bits per heavy atom. The molecule has 1 aliphatic heterocycles. The number of nitrogens with zero attached hydrogens (tertiary/aromatic N) is 1. The average Bonchev–Trinajstić information content (AvgIpc) is 2.52. The zero-order chi connectivity index (χ0) is 15.2. The highest BCUT2D eigenvalue weighted by atomic mass is 35.5. The topological polar surface area (TPSA) is 70.7 Å². The number of hydrogen-bond acceptors (Lipinski definition) is 4. The van der Waals surface area contributed by atoms with Crippen LogP contribution in [0, 0.1) is 0 Å². The van der Waals surface area contributed by atoms with Gasteiger partial charge >= 0.3 is 0 Å². The van der Waals surface area contributed by atoms with E-state index >= 15 is 0 Å². The number of amides is 2. The molecular weight excluding hydrogens is 294 g/mol. The van der Waals surface area contributed by atoms with E-state index in [2.05, 4.69) is 10.6 Å². The molecule has 2 N–H and O–H groups in total. The number of piperazine rings is 1. The fourth-order valence-corrected chi connectivity index (χ4v) is 2.29. The van der Waals surface area contributed by atoms with Gasteiger partial charge in [0.1, 0.15) is 5.75 Å². The van der Waals surface area contributed by atoms with E-state index in [4.69, 9.17) is 16.3 Å². The van der Waals surface area contributed by atoms with E-state index in [1.807, 2.05) is 0 Å². The molecule has 0 aromatic heterocycles. The Balaban J connectivity index is 1.93. The number of nitrogens with one attached hydrogen (secondary N) is 2. The predicted octanol–water partition coefficient (Wildman–Crippen LogP) is 0.510. The standard InChI is InChI=1S/C14H18ClN3O3/c1-21-12-8-10(15)2-3-11(12)14(20)17-9-13(19)18-6-4-16-5-7-18/h2-3,8,16H,4-7,9H2,1H3,(H,17,20). The third kappa shape index (κ3) is 4.09. The average molecular weight is 312 g/mol. The molecular formula is C14H18ClN3O3. The number of carbonyl (C=O) groups excluding carboxylic acids is 2. The summed E-state index contributed by atoms with van der Waals surface area (Å²) in [6, 6.07) is 4.75. The molecule has 0 unspecified atom stereocenters. The Bertz CT molecular complexity index is 530. The van der Waals surface area contributed by atoms with Gasteiger partial charge in [-0.25, -0.2) is 0 Å². The Hall–Kier alpha value is -1.79. The van der Waals surface area contributed by atoms with Crippen molar-refractivity contribution in [2.24, 2.45) is 0 Å². The minimum atomic E-state index is -0.355. The van der Waals surface area contributed by atoms with Crippen LogP contribution in [0.5, 0.6) is 5.75 Å². The first-order valence-electron chi connectivity index (χ1n) is 6.72. The van der Waals surface area contributed by atoms with Crippen LogP contribution < -0.4 is 15.4 Å². The maximum absolute atomic E-state index is 12.1.